The zero-order chi connectivity index (χ0) is 63.8. The van der Waals surface area contributed by atoms with Gasteiger partial charge in [0.15, 0.2) is 0 Å². The third-order valence-corrected chi connectivity index (χ3v) is 19.0. The van der Waals surface area contributed by atoms with Crippen molar-refractivity contribution in [3.8, 4) is 0 Å². The van der Waals surface area contributed by atoms with Crippen molar-refractivity contribution in [1.82, 2.24) is 42.5 Å². The topological polar surface area (TPSA) is 395 Å². The van der Waals surface area contributed by atoms with E-state index in [1.54, 1.807) is 0 Å². The number of aliphatic hydroxyl groups excluding tert-OH is 8. The number of hydrogen-bond donors (Lipinski definition) is 16. The average molecular weight is 1770 g/mol. The second-order valence-corrected chi connectivity index (χ2v) is 22.6. The van der Waals surface area contributed by atoms with Gasteiger partial charge in [-0.1, -0.05) is 212 Å². The monoisotopic (exact) mass is 1770 g/mol. The summed E-state index contributed by atoms with van der Waals surface area (Å²) in [6.45, 7) is 4.00. The van der Waals surface area contributed by atoms with Gasteiger partial charge in [0.1, 0.15) is 0 Å². The molecule has 9 fully saturated rings. The number of nitrogens with one attached hydrogen (secondary N) is 8. The van der Waals surface area contributed by atoms with E-state index in [2.05, 4.69) is 164 Å². The summed E-state index contributed by atoms with van der Waals surface area (Å²) in [6.07, 6.45) is 17.8. The van der Waals surface area contributed by atoms with E-state index in [1.165, 1.54) is 99.3 Å². The van der Waals surface area contributed by atoms with E-state index in [0.717, 1.165) is 0 Å². The molecule has 0 aromatic heterocycles. The summed E-state index contributed by atoms with van der Waals surface area (Å²) in [4.78, 5) is 65.9. The normalized spacial score (nSPS) is 32.3. The van der Waals surface area contributed by atoms with Crippen molar-refractivity contribution in [2.45, 2.75) is 150 Å². The molecule has 0 amide bonds. The molecule has 24 nitrogen and oxygen atoms in total. The molecule has 5 saturated heterocycles. The van der Waals surface area contributed by atoms with Crippen LogP contribution in [0.15, 0.2) is 121 Å². The van der Waals surface area contributed by atoms with Crippen molar-refractivity contribution in [3.05, 3.63) is 144 Å². The maximum absolute atomic E-state index is 8.24. The molecule has 92 heavy (non-hydrogen) atoms. The smallest absolute Gasteiger partial charge is 0.665 e. The molecule has 5 aliphatic heterocycles. The van der Waals surface area contributed by atoms with E-state index in [9.17, 15) is 0 Å². The molecule has 20 atom stereocenters. The predicted molar refractivity (Wildman–Crippen MR) is 345 cm³/mol. The van der Waals surface area contributed by atoms with Crippen LogP contribution < -0.4 is 42.5 Å². The summed E-state index contributed by atoms with van der Waals surface area (Å²) in [5, 5.41) is 89.5. The van der Waals surface area contributed by atoms with Crippen molar-refractivity contribution in [1.29, 1.82) is 0 Å². The number of rotatable bonds is 4. The van der Waals surface area contributed by atoms with Gasteiger partial charge < -0.3 is 79.2 Å². The molecule has 8 bridgehead atoms. The molecule has 16 N–H and O–H groups in total. The van der Waals surface area contributed by atoms with Crippen LogP contribution >= 0.6 is 0 Å². The first-order chi connectivity index (χ1) is 43.1. The molecule has 20 unspecified atom stereocenters. The van der Waals surface area contributed by atoms with Gasteiger partial charge in [-0.05, 0) is 120 Å². The molecule has 0 radical (unpaired) electrons. The van der Waals surface area contributed by atoms with Crippen LogP contribution in [-0.2, 0) is 38.4 Å². The van der Waals surface area contributed by atoms with Crippen LogP contribution in [0.1, 0.15) is 123 Å². The Balaban J connectivity index is 0.00000133. The van der Waals surface area contributed by atoms with Gasteiger partial charge >= 0.3 is 196 Å². The molecular weight excluding hydrogens is 1690 g/mol. The summed E-state index contributed by atoms with van der Waals surface area (Å²) in [5.74, 6) is 5.45. The Hall–Kier alpha value is -1.39. The number of benzene rings is 4. The first kappa shape index (κ1) is 88.6. The fourth-order valence-corrected chi connectivity index (χ4v) is 16.6. The molecule has 4 saturated carbocycles. The Morgan fingerprint density at radius 3 is 0.554 bits per heavy atom. The van der Waals surface area contributed by atoms with Gasteiger partial charge in [0.25, 0.3) is 0 Å². The fraction of sp³-hybridized carbons (Fsp3) is 0.500. The Morgan fingerprint density at radius 2 is 0.380 bits per heavy atom. The zero-order valence-corrected chi connectivity index (χ0v) is 69.0. The molecule has 4 aromatic carbocycles. The van der Waals surface area contributed by atoms with E-state index in [1.807, 2.05) is 0 Å². The van der Waals surface area contributed by atoms with Gasteiger partial charge in [0.2, 0.25) is 0 Å². The van der Waals surface area contributed by atoms with Gasteiger partial charge in [-0.2, -0.15) is 0 Å². The molecule has 4 aromatic rings. The maximum atomic E-state index is 8.24. The van der Waals surface area contributed by atoms with Crippen molar-refractivity contribution in [2.75, 3.05) is 0 Å². The molecular formula is C64H80Ba4N8O16. The second kappa shape index (κ2) is 50.0. The predicted octanol–water partition coefficient (Wildman–Crippen LogP) is 3.55. The molecule has 28 heteroatoms. The average Bonchev–Trinajstić information content (AvgIpc) is 1.39. The Bertz CT molecular complexity index is 2440. The maximum Gasteiger partial charge on any atom is 2.00 e. The summed E-state index contributed by atoms with van der Waals surface area (Å²) >= 11 is 0. The molecule has 9 aliphatic rings. The number of fused-ring (bicyclic) bond motifs is 20. The van der Waals surface area contributed by atoms with E-state index in [4.69, 9.17) is 79.2 Å². The first-order valence-electron chi connectivity index (χ1n) is 29.5. The van der Waals surface area contributed by atoms with Gasteiger partial charge in [-0.3, -0.25) is 42.5 Å². The summed E-state index contributed by atoms with van der Waals surface area (Å²) in [6, 6.07) is 46.8. The first-order valence-corrected chi connectivity index (χ1v) is 29.5. The standard InChI is InChI=1S/C56H72N8.8CHO2.4Ba/c1-5-19-33(20-6-1)43-44(34-21-7-2-8-22-34)46(36-25-11-4-12-26-36)48-47(45(43)35-23-9-3-10-24-35)55-62-53-41-31-17-15-29-39(41)51(60-53)58-49-37-27-13-14-28-38(37)50(57-49)59-52-40-30-16-18-32-42(40)54(61-52)63-56(48)64-55;8*2-1-3;;;;/h1-12,19-26,37-64H,13-18,27-32H2;8*(H,2,3);;;;/q;8*-1;4*+2. The van der Waals surface area contributed by atoms with Crippen molar-refractivity contribution >= 4 is 247 Å². The van der Waals surface area contributed by atoms with Gasteiger partial charge in [0.05, 0.1) is 49.3 Å². The summed E-state index contributed by atoms with van der Waals surface area (Å²) in [5.41, 5.74) is 5.84. The van der Waals surface area contributed by atoms with Crippen LogP contribution in [0.3, 0.4) is 0 Å². The third-order valence-electron chi connectivity index (χ3n) is 19.0. The van der Waals surface area contributed by atoms with Crippen molar-refractivity contribution < 1.29 is 79.2 Å². The molecule has 0 spiro atoms. The second-order valence-electron chi connectivity index (χ2n) is 22.6. The molecule has 5 heterocycles. The third kappa shape index (κ3) is 24.2. The van der Waals surface area contributed by atoms with Crippen LogP contribution in [0.4, 0.5) is 0 Å². The number of hydrogen-bond acceptors (Lipinski definition) is 16. The van der Waals surface area contributed by atoms with Crippen molar-refractivity contribution in [3.63, 3.8) is 0 Å². The minimum atomic E-state index is 0. The minimum absolute atomic E-state index is 0. The molecule has 13 rings (SSSR count). The van der Waals surface area contributed by atoms with E-state index in [0.29, 0.717) is 124 Å². The Morgan fingerprint density at radius 1 is 0.239 bits per heavy atom. The summed E-state index contributed by atoms with van der Waals surface area (Å²) in [7, 11) is 0. The van der Waals surface area contributed by atoms with E-state index in [-0.39, 0.29) is 244 Å². The Labute approximate surface area is 699 Å². The fourth-order valence-electron chi connectivity index (χ4n) is 16.6. The largest absolute Gasteiger partial charge is 2.00 e. The van der Waals surface area contributed by atoms with Crippen LogP contribution in [-0.4, -0.2) is 337 Å². The van der Waals surface area contributed by atoms with Gasteiger partial charge in [-0.25, -0.2) is 0 Å². The molecule has 4 aliphatic carbocycles. The minimum Gasteiger partial charge on any atom is -0.665 e. The van der Waals surface area contributed by atoms with E-state index < -0.39 is 0 Å². The summed E-state index contributed by atoms with van der Waals surface area (Å²) < 4.78 is 0. The van der Waals surface area contributed by atoms with Crippen LogP contribution in [0.2, 0.25) is 0 Å². The van der Waals surface area contributed by atoms with Crippen LogP contribution in [0.5, 0.6) is 0 Å². The van der Waals surface area contributed by atoms with Crippen LogP contribution in [0.25, 0.3) is 0 Å². The quantitative estimate of drug-likeness (QED) is 0.103. The van der Waals surface area contributed by atoms with Gasteiger partial charge in [0, 0.05) is 11.8 Å². The van der Waals surface area contributed by atoms with Crippen molar-refractivity contribution in [2.24, 2.45) is 47.3 Å². The van der Waals surface area contributed by atoms with E-state index >= 15 is 0 Å². The van der Waals surface area contributed by atoms with Gasteiger partial charge in [-0.15, -0.1) is 0 Å². The zero-order valence-electron chi connectivity index (χ0n) is 51.3. The van der Waals surface area contributed by atoms with Crippen LogP contribution in [0, 0.1) is 47.3 Å². The Kier molecular flexibility index (Phi) is 48.2. The molecule has 480 valence electrons. The SMILES string of the molecule is O=[C-]O.O=[C-]O.O=[C-]O.O=[C-]O.O=[C-]O.O=[C-]O.O=[C-]O.O=[C-]O.[Ba+2].[Ba+2].[Ba+2].[Ba+2].c1ccc(C2C(c3ccccc3)C(c3ccccc3)C3C4NC5NC(NC6NC(NC7NC(NC(N4)C3C2c2ccccc2)C2CCCCC72)C2CCCCC62)C2CCCCC52)cc1.